The molecule has 0 radical (unpaired) electrons. The average Bonchev–Trinajstić information content (AvgIpc) is 2.84. The van der Waals surface area contributed by atoms with E-state index < -0.39 is 11.6 Å². The van der Waals surface area contributed by atoms with Crippen molar-refractivity contribution in [3.63, 3.8) is 0 Å². The molecule has 1 saturated heterocycles. The molecule has 0 atom stereocenters. The Morgan fingerprint density at radius 1 is 1.26 bits per heavy atom. The number of amides is 4. The molecule has 1 aliphatic heterocycles. The third kappa shape index (κ3) is 4.30. The second-order valence-electron chi connectivity index (χ2n) is 8.03. The van der Waals surface area contributed by atoms with Gasteiger partial charge in [0.2, 0.25) is 0 Å². The van der Waals surface area contributed by atoms with E-state index in [2.05, 4.69) is 17.7 Å². The quantitative estimate of drug-likeness (QED) is 0.774. The van der Waals surface area contributed by atoms with Crippen LogP contribution in [-0.2, 0) is 16.1 Å². The predicted molar refractivity (Wildman–Crippen MR) is 101 cm³/mol. The van der Waals surface area contributed by atoms with Crippen LogP contribution in [-0.4, -0.2) is 46.9 Å². The molecule has 0 unspecified atom stereocenters. The van der Waals surface area contributed by atoms with Crippen LogP contribution >= 0.6 is 0 Å². The first-order valence-corrected chi connectivity index (χ1v) is 9.49. The monoisotopic (exact) mass is 372 g/mol. The number of aryl methyl sites for hydroxylation is 1. The van der Waals surface area contributed by atoms with E-state index >= 15 is 0 Å². The second-order valence-corrected chi connectivity index (χ2v) is 8.03. The highest BCUT2D eigenvalue weighted by atomic mass is 16.2. The van der Waals surface area contributed by atoms with Gasteiger partial charge in [-0.05, 0) is 51.1 Å². The van der Waals surface area contributed by atoms with E-state index in [1.54, 1.807) is 0 Å². The maximum Gasteiger partial charge on any atom is 0.344 e. The summed E-state index contributed by atoms with van der Waals surface area (Å²) in [5.41, 5.74) is 3.92. The zero-order valence-corrected chi connectivity index (χ0v) is 16.2. The first-order valence-electron chi connectivity index (χ1n) is 9.49. The lowest BCUT2D eigenvalue weighted by molar-refractivity contribution is -0.140. The van der Waals surface area contributed by atoms with Crippen LogP contribution in [0.5, 0.6) is 0 Å². The van der Waals surface area contributed by atoms with Gasteiger partial charge in [0.1, 0.15) is 5.54 Å². The Labute approximate surface area is 160 Å². The summed E-state index contributed by atoms with van der Waals surface area (Å²) in [6.45, 7) is 4.88. The molecule has 1 aliphatic carbocycles. The molecule has 2 N–H and O–H groups in total. The van der Waals surface area contributed by atoms with Gasteiger partial charge in [0, 0.05) is 6.54 Å². The van der Waals surface area contributed by atoms with E-state index in [0.717, 1.165) is 23.4 Å². The Morgan fingerprint density at radius 3 is 2.52 bits per heavy atom. The second kappa shape index (κ2) is 7.68. The topological polar surface area (TPSA) is 81.8 Å². The summed E-state index contributed by atoms with van der Waals surface area (Å²) in [6, 6.07) is 7.57. The highest BCUT2D eigenvalue weighted by molar-refractivity contribution is 6.08. The number of imide groups is 1. The Kier molecular flexibility index (Phi) is 5.51. The van der Waals surface area contributed by atoms with Gasteiger partial charge in [-0.3, -0.25) is 19.9 Å². The van der Waals surface area contributed by atoms with Gasteiger partial charge in [-0.25, -0.2) is 4.79 Å². The number of urea groups is 1. The Hall–Kier alpha value is -2.41. The van der Waals surface area contributed by atoms with Crippen molar-refractivity contribution in [3.8, 4) is 0 Å². The van der Waals surface area contributed by atoms with E-state index in [1.807, 2.05) is 43.1 Å². The van der Waals surface area contributed by atoms with Crippen molar-refractivity contribution in [1.82, 2.24) is 20.7 Å². The normalized spacial score (nSPS) is 25.2. The highest BCUT2D eigenvalue weighted by Crippen LogP contribution is 2.35. The van der Waals surface area contributed by atoms with Crippen molar-refractivity contribution in [2.75, 3.05) is 13.6 Å². The zero-order valence-electron chi connectivity index (χ0n) is 16.2. The van der Waals surface area contributed by atoms with Gasteiger partial charge in [0.15, 0.2) is 0 Å². The lowest BCUT2D eigenvalue weighted by Crippen LogP contribution is -2.52. The Bertz CT molecular complexity index is 723. The van der Waals surface area contributed by atoms with Crippen molar-refractivity contribution in [2.45, 2.75) is 51.6 Å². The molecule has 3 rings (SSSR count). The molecular formula is C20H28N4O3. The minimum Gasteiger partial charge on any atom is -0.322 e. The number of benzene rings is 1. The van der Waals surface area contributed by atoms with Crippen molar-refractivity contribution in [1.29, 1.82) is 0 Å². The number of carbonyl (C=O) groups excluding carboxylic acids is 3. The fourth-order valence-electron chi connectivity index (χ4n) is 3.78. The van der Waals surface area contributed by atoms with Crippen LogP contribution in [0.15, 0.2) is 24.3 Å². The van der Waals surface area contributed by atoms with Gasteiger partial charge < -0.3 is 5.32 Å². The van der Waals surface area contributed by atoms with E-state index in [9.17, 15) is 14.4 Å². The first-order chi connectivity index (χ1) is 12.8. The minimum absolute atomic E-state index is 0.0922. The van der Waals surface area contributed by atoms with Crippen LogP contribution < -0.4 is 10.7 Å². The molecule has 1 aromatic rings. The number of rotatable bonds is 5. The molecule has 1 aromatic carbocycles. The third-order valence-corrected chi connectivity index (χ3v) is 5.51. The molecule has 1 saturated carbocycles. The van der Waals surface area contributed by atoms with Crippen molar-refractivity contribution < 1.29 is 14.4 Å². The smallest absolute Gasteiger partial charge is 0.322 e. The van der Waals surface area contributed by atoms with Crippen LogP contribution in [0.1, 0.15) is 43.7 Å². The van der Waals surface area contributed by atoms with Gasteiger partial charge in [0.05, 0.1) is 6.54 Å². The predicted octanol–water partition coefficient (Wildman–Crippen LogP) is 1.96. The number of likely N-dealkylation sites (N-methyl/N-ethyl adjacent to an activating group) is 1. The largest absolute Gasteiger partial charge is 0.344 e. The Balaban J connectivity index is 1.55. The molecule has 2 aliphatic rings. The van der Waals surface area contributed by atoms with Crippen LogP contribution in [0, 0.1) is 12.8 Å². The lowest BCUT2D eigenvalue weighted by atomic mass is 9.77. The van der Waals surface area contributed by atoms with Crippen LogP contribution in [0.25, 0.3) is 0 Å². The first kappa shape index (κ1) is 19.4. The maximum atomic E-state index is 12.8. The minimum atomic E-state index is -0.843. The van der Waals surface area contributed by atoms with Crippen LogP contribution in [0.2, 0.25) is 0 Å². The molecule has 7 nitrogen and oxygen atoms in total. The standard InChI is InChI=1S/C20H28N4O3/c1-14-4-6-16(7-5-14)12-23(3)13-17(25)22-24-18(26)20(21-19(24)27)10-8-15(2)9-11-20/h4-7,15H,8-13H2,1-3H3,(H,21,27)(H,22,25). The number of hydrogen-bond donors (Lipinski definition) is 2. The van der Waals surface area contributed by atoms with E-state index in [-0.39, 0.29) is 18.4 Å². The summed E-state index contributed by atoms with van der Waals surface area (Å²) in [5, 5.41) is 3.66. The SMILES string of the molecule is Cc1ccc(CN(C)CC(=O)NN2C(=O)NC3(CCC(C)CC3)C2=O)cc1. The molecule has 1 heterocycles. The van der Waals surface area contributed by atoms with E-state index in [4.69, 9.17) is 0 Å². The summed E-state index contributed by atoms with van der Waals surface area (Å²) < 4.78 is 0. The maximum absolute atomic E-state index is 12.8. The van der Waals surface area contributed by atoms with Gasteiger partial charge >= 0.3 is 6.03 Å². The van der Waals surface area contributed by atoms with Gasteiger partial charge in [-0.1, -0.05) is 36.8 Å². The van der Waals surface area contributed by atoms with Crippen molar-refractivity contribution in [2.24, 2.45) is 5.92 Å². The average molecular weight is 372 g/mol. The number of hydrazine groups is 1. The van der Waals surface area contributed by atoms with Crippen LogP contribution in [0.3, 0.4) is 0 Å². The summed E-state index contributed by atoms with van der Waals surface area (Å²) in [4.78, 5) is 39.2. The molecule has 1 spiro atoms. The molecule has 7 heteroatoms. The molecule has 4 amide bonds. The fourth-order valence-corrected chi connectivity index (χ4v) is 3.78. The van der Waals surface area contributed by atoms with Gasteiger partial charge in [0.25, 0.3) is 11.8 Å². The molecular weight excluding hydrogens is 344 g/mol. The summed E-state index contributed by atoms with van der Waals surface area (Å²) >= 11 is 0. The van der Waals surface area contributed by atoms with E-state index in [1.165, 1.54) is 5.56 Å². The van der Waals surface area contributed by atoms with E-state index in [0.29, 0.717) is 25.3 Å². The summed E-state index contributed by atoms with van der Waals surface area (Å²) in [6.07, 6.45) is 3.04. The lowest BCUT2D eigenvalue weighted by Gasteiger charge is -2.33. The number of carbonyl (C=O) groups is 3. The summed E-state index contributed by atoms with van der Waals surface area (Å²) in [7, 11) is 1.83. The van der Waals surface area contributed by atoms with Crippen molar-refractivity contribution in [3.05, 3.63) is 35.4 Å². The fraction of sp³-hybridized carbons (Fsp3) is 0.550. The number of nitrogens with one attached hydrogen (secondary N) is 2. The molecule has 27 heavy (non-hydrogen) atoms. The van der Waals surface area contributed by atoms with Crippen LogP contribution in [0.4, 0.5) is 4.79 Å². The van der Waals surface area contributed by atoms with Crippen molar-refractivity contribution >= 4 is 17.8 Å². The number of hydrogen-bond acceptors (Lipinski definition) is 4. The molecule has 0 bridgehead atoms. The molecule has 0 aromatic heterocycles. The molecule has 2 fully saturated rings. The third-order valence-electron chi connectivity index (χ3n) is 5.51. The molecule has 146 valence electrons. The zero-order chi connectivity index (χ0) is 19.6. The highest BCUT2D eigenvalue weighted by Gasteiger charge is 2.52. The number of nitrogens with zero attached hydrogens (tertiary/aromatic N) is 2. The summed E-state index contributed by atoms with van der Waals surface area (Å²) in [5.74, 6) is -0.164. The van der Waals surface area contributed by atoms with Gasteiger partial charge in [-0.2, -0.15) is 5.01 Å². The Morgan fingerprint density at radius 2 is 1.89 bits per heavy atom. The van der Waals surface area contributed by atoms with Gasteiger partial charge in [-0.15, -0.1) is 0 Å².